The normalized spacial score (nSPS) is 22.6. The van der Waals surface area contributed by atoms with E-state index in [0.29, 0.717) is 11.4 Å². The van der Waals surface area contributed by atoms with Crippen LogP contribution in [0.5, 0.6) is 5.75 Å². The third-order valence-corrected chi connectivity index (χ3v) is 3.34. The van der Waals surface area contributed by atoms with Crippen molar-refractivity contribution in [3.05, 3.63) is 24.3 Å². The molecule has 0 saturated heterocycles. The van der Waals surface area contributed by atoms with Crippen molar-refractivity contribution >= 4 is 11.8 Å². The fourth-order valence-electron chi connectivity index (χ4n) is 2.25. The van der Waals surface area contributed by atoms with Crippen LogP contribution in [0.4, 0.5) is 10.5 Å². The molecule has 3 N–H and O–H groups in total. The largest absolute Gasteiger partial charge is 0.495 e. The second-order valence-electron chi connectivity index (χ2n) is 4.77. The molecule has 1 saturated carbocycles. The zero-order valence-corrected chi connectivity index (χ0v) is 11.1. The number of benzene rings is 1. The van der Waals surface area contributed by atoms with Crippen molar-refractivity contribution in [3.8, 4) is 5.75 Å². The predicted octanol–water partition coefficient (Wildman–Crippen LogP) is 2.51. The summed E-state index contributed by atoms with van der Waals surface area (Å²) in [5, 5.41) is 2.70. The van der Waals surface area contributed by atoms with Gasteiger partial charge in [-0.2, -0.15) is 0 Å². The van der Waals surface area contributed by atoms with Gasteiger partial charge in [-0.1, -0.05) is 12.1 Å². The maximum absolute atomic E-state index is 11.8. The van der Waals surface area contributed by atoms with E-state index in [9.17, 15) is 4.79 Å². The van der Waals surface area contributed by atoms with Gasteiger partial charge in [0.25, 0.3) is 0 Å². The molecule has 0 heterocycles. The second-order valence-corrected chi connectivity index (χ2v) is 4.77. The number of methoxy groups -OCH3 is 1. The van der Waals surface area contributed by atoms with E-state index in [4.69, 9.17) is 15.2 Å². The molecule has 0 bridgehead atoms. The second kappa shape index (κ2) is 6.43. The molecule has 104 valence electrons. The van der Waals surface area contributed by atoms with Crippen molar-refractivity contribution in [3.63, 3.8) is 0 Å². The van der Waals surface area contributed by atoms with Crippen LogP contribution in [-0.4, -0.2) is 25.3 Å². The Morgan fingerprint density at radius 3 is 2.63 bits per heavy atom. The van der Waals surface area contributed by atoms with Crippen molar-refractivity contribution in [2.45, 2.75) is 37.8 Å². The van der Waals surface area contributed by atoms with Crippen LogP contribution in [0.25, 0.3) is 0 Å². The Kier molecular flexibility index (Phi) is 4.63. The number of carbonyl (C=O) groups is 1. The number of anilines is 1. The van der Waals surface area contributed by atoms with Crippen LogP contribution in [0.2, 0.25) is 0 Å². The van der Waals surface area contributed by atoms with Crippen molar-refractivity contribution < 1.29 is 14.3 Å². The van der Waals surface area contributed by atoms with E-state index in [1.807, 2.05) is 12.1 Å². The first-order chi connectivity index (χ1) is 9.19. The molecule has 0 unspecified atom stereocenters. The van der Waals surface area contributed by atoms with Crippen molar-refractivity contribution in [1.82, 2.24) is 0 Å². The Bertz CT molecular complexity index is 428. The molecule has 5 heteroatoms. The zero-order chi connectivity index (χ0) is 13.7. The van der Waals surface area contributed by atoms with Crippen molar-refractivity contribution in [2.24, 2.45) is 5.73 Å². The third-order valence-electron chi connectivity index (χ3n) is 3.34. The minimum Gasteiger partial charge on any atom is -0.495 e. The molecule has 1 fully saturated rings. The molecule has 0 aliphatic heterocycles. The summed E-state index contributed by atoms with van der Waals surface area (Å²) in [6.45, 7) is 0. The Morgan fingerprint density at radius 2 is 1.95 bits per heavy atom. The highest BCUT2D eigenvalue weighted by molar-refractivity contribution is 5.86. The van der Waals surface area contributed by atoms with Gasteiger partial charge in [0.15, 0.2) is 0 Å². The predicted molar refractivity (Wildman–Crippen MR) is 73.3 cm³/mol. The lowest BCUT2D eigenvalue weighted by Crippen LogP contribution is -2.32. The van der Waals surface area contributed by atoms with E-state index < -0.39 is 6.09 Å². The number of hydrogen-bond donors (Lipinski definition) is 2. The third kappa shape index (κ3) is 3.86. The first-order valence-electron chi connectivity index (χ1n) is 6.55. The lowest BCUT2D eigenvalue weighted by molar-refractivity contribution is 0.0826. The summed E-state index contributed by atoms with van der Waals surface area (Å²) in [4.78, 5) is 11.8. The summed E-state index contributed by atoms with van der Waals surface area (Å²) < 4.78 is 10.5. The van der Waals surface area contributed by atoms with Crippen LogP contribution in [0.15, 0.2) is 24.3 Å². The summed E-state index contributed by atoms with van der Waals surface area (Å²) in [5.74, 6) is 0.616. The molecule has 0 radical (unpaired) electrons. The summed E-state index contributed by atoms with van der Waals surface area (Å²) in [5.41, 5.74) is 6.43. The summed E-state index contributed by atoms with van der Waals surface area (Å²) >= 11 is 0. The fraction of sp³-hybridized carbons (Fsp3) is 0.500. The van der Waals surface area contributed by atoms with Crippen LogP contribution < -0.4 is 15.8 Å². The molecule has 1 aromatic rings. The van der Waals surface area contributed by atoms with Gasteiger partial charge in [-0.05, 0) is 37.8 Å². The minimum absolute atomic E-state index is 0.0329. The van der Waals surface area contributed by atoms with Crippen molar-refractivity contribution in [2.75, 3.05) is 12.4 Å². The molecule has 0 aromatic heterocycles. The monoisotopic (exact) mass is 264 g/mol. The number of amides is 1. The Balaban J connectivity index is 1.87. The van der Waals surface area contributed by atoms with E-state index in [2.05, 4.69) is 5.32 Å². The molecule has 19 heavy (non-hydrogen) atoms. The van der Waals surface area contributed by atoms with Crippen LogP contribution in [0.1, 0.15) is 25.7 Å². The van der Waals surface area contributed by atoms with Crippen LogP contribution in [-0.2, 0) is 4.74 Å². The van der Waals surface area contributed by atoms with Gasteiger partial charge in [-0.25, -0.2) is 4.79 Å². The SMILES string of the molecule is COc1ccccc1NC(=O)OC1CCC(N)CC1. The molecule has 1 amide bonds. The number of hydrogen-bond acceptors (Lipinski definition) is 4. The van der Waals surface area contributed by atoms with Crippen LogP contribution in [0, 0.1) is 0 Å². The van der Waals surface area contributed by atoms with Crippen molar-refractivity contribution in [1.29, 1.82) is 0 Å². The Labute approximate surface area is 113 Å². The standard InChI is InChI=1S/C14H20N2O3/c1-18-13-5-3-2-4-12(13)16-14(17)19-11-8-6-10(15)7-9-11/h2-5,10-11H,6-9,15H2,1H3,(H,16,17). The minimum atomic E-state index is -0.440. The van der Waals surface area contributed by atoms with Crippen LogP contribution in [0.3, 0.4) is 0 Å². The van der Waals surface area contributed by atoms with Gasteiger partial charge >= 0.3 is 6.09 Å². The van der Waals surface area contributed by atoms with Crippen LogP contribution >= 0.6 is 0 Å². The van der Waals surface area contributed by atoms with E-state index in [1.54, 1.807) is 19.2 Å². The van der Waals surface area contributed by atoms with Gasteiger partial charge in [-0.3, -0.25) is 5.32 Å². The van der Waals surface area contributed by atoms with Gasteiger partial charge in [0.2, 0.25) is 0 Å². The molecule has 1 aliphatic carbocycles. The number of rotatable bonds is 3. The zero-order valence-electron chi connectivity index (χ0n) is 11.1. The first kappa shape index (κ1) is 13.7. The average Bonchev–Trinajstić information content (AvgIpc) is 2.42. The maximum Gasteiger partial charge on any atom is 0.412 e. The Hall–Kier alpha value is -1.75. The van der Waals surface area contributed by atoms with Gasteiger partial charge in [-0.15, -0.1) is 0 Å². The number of ether oxygens (including phenoxy) is 2. The molecule has 1 aromatic carbocycles. The van der Waals surface area contributed by atoms with E-state index in [1.165, 1.54) is 0 Å². The van der Waals surface area contributed by atoms with E-state index in [0.717, 1.165) is 25.7 Å². The van der Waals surface area contributed by atoms with Gasteiger partial charge in [0.1, 0.15) is 11.9 Å². The topological polar surface area (TPSA) is 73.6 Å². The van der Waals surface area contributed by atoms with E-state index >= 15 is 0 Å². The first-order valence-corrected chi connectivity index (χ1v) is 6.55. The fourth-order valence-corrected chi connectivity index (χ4v) is 2.25. The number of nitrogens with one attached hydrogen (secondary N) is 1. The van der Waals surface area contributed by atoms with Gasteiger partial charge in [0.05, 0.1) is 12.8 Å². The summed E-state index contributed by atoms with van der Waals surface area (Å²) in [6, 6.07) is 7.49. The summed E-state index contributed by atoms with van der Waals surface area (Å²) in [6.07, 6.45) is 3.01. The lowest BCUT2D eigenvalue weighted by Gasteiger charge is -2.26. The molecule has 5 nitrogen and oxygen atoms in total. The Morgan fingerprint density at radius 1 is 1.26 bits per heavy atom. The number of para-hydroxylation sites is 2. The highest BCUT2D eigenvalue weighted by atomic mass is 16.6. The molecule has 2 rings (SSSR count). The smallest absolute Gasteiger partial charge is 0.412 e. The summed E-state index contributed by atoms with van der Waals surface area (Å²) in [7, 11) is 1.56. The van der Waals surface area contributed by atoms with Gasteiger partial charge in [0, 0.05) is 6.04 Å². The molecular weight excluding hydrogens is 244 g/mol. The lowest BCUT2D eigenvalue weighted by atomic mass is 9.94. The van der Waals surface area contributed by atoms with Gasteiger partial charge < -0.3 is 15.2 Å². The average molecular weight is 264 g/mol. The maximum atomic E-state index is 11.8. The quantitative estimate of drug-likeness (QED) is 0.879. The molecule has 0 atom stereocenters. The molecule has 0 spiro atoms. The highest BCUT2D eigenvalue weighted by Gasteiger charge is 2.22. The molecular formula is C14H20N2O3. The highest BCUT2D eigenvalue weighted by Crippen LogP contribution is 2.24. The van der Waals surface area contributed by atoms with E-state index in [-0.39, 0.29) is 12.1 Å². The number of nitrogens with two attached hydrogens (primary N) is 1. The number of carbonyl (C=O) groups excluding carboxylic acids is 1. The molecule has 1 aliphatic rings.